The van der Waals surface area contributed by atoms with Gasteiger partial charge in [0.1, 0.15) is 0 Å². The van der Waals surface area contributed by atoms with Crippen LogP contribution in [0.25, 0.3) is 0 Å². The van der Waals surface area contributed by atoms with Gasteiger partial charge in [-0.3, -0.25) is 0 Å². The Hall–Kier alpha value is -1.80. The lowest BCUT2D eigenvalue weighted by molar-refractivity contribution is 0.865. The average Bonchev–Trinajstić information content (AvgIpc) is 2.82. The van der Waals surface area contributed by atoms with Gasteiger partial charge in [-0.15, -0.1) is 0 Å². The lowest BCUT2D eigenvalue weighted by atomic mass is 10.1. The lowest BCUT2D eigenvalue weighted by Gasteiger charge is -2.20. The second-order valence-corrected chi connectivity index (χ2v) is 4.46. The van der Waals surface area contributed by atoms with E-state index in [9.17, 15) is 0 Å². The number of benzene rings is 2. The Balaban J connectivity index is 1.94. The number of rotatable bonds is 2. The molecular formula is C15H16N2. The Morgan fingerprint density at radius 2 is 1.47 bits per heavy atom. The molecule has 1 aliphatic rings. The molecule has 0 amide bonds. The molecule has 0 radical (unpaired) electrons. The highest BCUT2D eigenvalue weighted by Crippen LogP contribution is 2.30. The van der Waals surface area contributed by atoms with Gasteiger partial charge in [0.05, 0.1) is 0 Å². The standard InChI is InChI=1S/C15H16N2/c16-9-12-5-3-4-8-15(12)17-10-13-6-1-2-7-14(13)11-17/h1-8H,9-11,16H2. The van der Waals surface area contributed by atoms with Gasteiger partial charge in [-0.25, -0.2) is 0 Å². The third kappa shape index (κ3) is 1.81. The molecule has 0 spiro atoms. The van der Waals surface area contributed by atoms with Crippen LogP contribution in [-0.4, -0.2) is 0 Å². The highest BCUT2D eigenvalue weighted by molar-refractivity contribution is 5.57. The van der Waals surface area contributed by atoms with Crippen molar-refractivity contribution in [1.82, 2.24) is 0 Å². The van der Waals surface area contributed by atoms with Crippen LogP contribution in [0.2, 0.25) is 0 Å². The lowest BCUT2D eigenvalue weighted by Crippen LogP contribution is -2.17. The normalized spacial score (nSPS) is 13.8. The van der Waals surface area contributed by atoms with E-state index < -0.39 is 0 Å². The fraction of sp³-hybridized carbons (Fsp3) is 0.200. The molecule has 0 saturated heterocycles. The van der Waals surface area contributed by atoms with Crippen LogP contribution >= 0.6 is 0 Å². The fourth-order valence-corrected chi connectivity index (χ4v) is 2.50. The molecular weight excluding hydrogens is 208 g/mol. The fourth-order valence-electron chi connectivity index (χ4n) is 2.50. The van der Waals surface area contributed by atoms with Crippen LogP contribution in [0.15, 0.2) is 48.5 Å². The van der Waals surface area contributed by atoms with Crippen LogP contribution in [0.3, 0.4) is 0 Å². The smallest absolute Gasteiger partial charge is 0.0436 e. The van der Waals surface area contributed by atoms with Crippen molar-refractivity contribution in [2.24, 2.45) is 5.73 Å². The number of nitrogens with zero attached hydrogens (tertiary/aromatic N) is 1. The first-order chi connectivity index (χ1) is 8.38. The second kappa shape index (κ2) is 4.22. The summed E-state index contributed by atoms with van der Waals surface area (Å²) in [5.41, 5.74) is 11.1. The van der Waals surface area contributed by atoms with E-state index in [1.165, 1.54) is 22.4 Å². The Bertz CT molecular complexity index is 509. The second-order valence-electron chi connectivity index (χ2n) is 4.46. The Labute approximate surface area is 102 Å². The van der Waals surface area contributed by atoms with Gasteiger partial charge >= 0.3 is 0 Å². The van der Waals surface area contributed by atoms with Crippen molar-refractivity contribution in [3.8, 4) is 0 Å². The van der Waals surface area contributed by atoms with E-state index in [0.717, 1.165) is 13.1 Å². The summed E-state index contributed by atoms with van der Waals surface area (Å²) in [6.07, 6.45) is 0. The summed E-state index contributed by atoms with van der Waals surface area (Å²) in [7, 11) is 0. The molecule has 1 heterocycles. The van der Waals surface area contributed by atoms with Crippen molar-refractivity contribution in [2.45, 2.75) is 19.6 Å². The molecule has 2 N–H and O–H groups in total. The van der Waals surface area contributed by atoms with Gasteiger partial charge in [-0.1, -0.05) is 42.5 Å². The molecule has 86 valence electrons. The van der Waals surface area contributed by atoms with Crippen LogP contribution < -0.4 is 10.6 Å². The van der Waals surface area contributed by atoms with Gasteiger partial charge in [0.2, 0.25) is 0 Å². The van der Waals surface area contributed by atoms with Crippen molar-refractivity contribution in [2.75, 3.05) is 4.90 Å². The molecule has 2 nitrogen and oxygen atoms in total. The van der Waals surface area contributed by atoms with Crippen LogP contribution in [-0.2, 0) is 19.6 Å². The topological polar surface area (TPSA) is 29.3 Å². The number of para-hydroxylation sites is 1. The number of hydrogen-bond acceptors (Lipinski definition) is 2. The van der Waals surface area contributed by atoms with E-state index in [1.54, 1.807) is 0 Å². The summed E-state index contributed by atoms with van der Waals surface area (Å²) in [5, 5.41) is 0. The SMILES string of the molecule is NCc1ccccc1N1Cc2ccccc2C1. The predicted octanol–water partition coefficient (Wildman–Crippen LogP) is 2.67. The van der Waals surface area contributed by atoms with Crippen molar-refractivity contribution < 1.29 is 0 Å². The summed E-state index contributed by atoms with van der Waals surface area (Å²) >= 11 is 0. The minimum absolute atomic E-state index is 0.600. The molecule has 0 fully saturated rings. The number of anilines is 1. The molecule has 0 saturated carbocycles. The zero-order valence-electron chi connectivity index (χ0n) is 9.76. The maximum atomic E-state index is 5.80. The summed E-state index contributed by atoms with van der Waals surface area (Å²) < 4.78 is 0. The Morgan fingerprint density at radius 3 is 2.12 bits per heavy atom. The van der Waals surface area contributed by atoms with Gasteiger partial charge in [0.15, 0.2) is 0 Å². The zero-order chi connectivity index (χ0) is 11.7. The third-order valence-electron chi connectivity index (χ3n) is 3.39. The quantitative estimate of drug-likeness (QED) is 0.849. The van der Waals surface area contributed by atoms with Crippen LogP contribution in [0.5, 0.6) is 0 Å². The van der Waals surface area contributed by atoms with E-state index in [1.807, 2.05) is 0 Å². The van der Waals surface area contributed by atoms with Crippen LogP contribution in [0.1, 0.15) is 16.7 Å². The third-order valence-corrected chi connectivity index (χ3v) is 3.39. The molecule has 0 unspecified atom stereocenters. The summed E-state index contributed by atoms with van der Waals surface area (Å²) in [4.78, 5) is 2.40. The minimum atomic E-state index is 0.600. The van der Waals surface area contributed by atoms with Crippen molar-refractivity contribution in [1.29, 1.82) is 0 Å². The van der Waals surface area contributed by atoms with Gasteiger partial charge in [-0.2, -0.15) is 0 Å². The highest BCUT2D eigenvalue weighted by Gasteiger charge is 2.19. The Kier molecular flexibility index (Phi) is 2.57. The molecule has 17 heavy (non-hydrogen) atoms. The average molecular weight is 224 g/mol. The van der Waals surface area contributed by atoms with E-state index in [-0.39, 0.29) is 0 Å². The first-order valence-corrected chi connectivity index (χ1v) is 5.98. The van der Waals surface area contributed by atoms with Crippen molar-refractivity contribution in [3.05, 3.63) is 65.2 Å². The monoisotopic (exact) mass is 224 g/mol. The van der Waals surface area contributed by atoms with Gasteiger partial charge < -0.3 is 10.6 Å². The first kappa shape index (κ1) is 10.4. The van der Waals surface area contributed by atoms with Crippen molar-refractivity contribution in [3.63, 3.8) is 0 Å². The molecule has 2 aromatic carbocycles. The zero-order valence-corrected chi connectivity index (χ0v) is 9.76. The number of hydrogen-bond donors (Lipinski definition) is 1. The van der Waals surface area contributed by atoms with Gasteiger partial charge in [0.25, 0.3) is 0 Å². The molecule has 2 heteroatoms. The number of nitrogens with two attached hydrogens (primary N) is 1. The van der Waals surface area contributed by atoms with Gasteiger partial charge in [0, 0.05) is 25.3 Å². The van der Waals surface area contributed by atoms with Gasteiger partial charge in [-0.05, 0) is 22.8 Å². The van der Waals surface area contributed by atoms with Crippen LogP contribution in [0.4, 0.5) is 5.69 Å². The molecule has 2 aromatic rings. The van der Waals surface area contributed by atoms with Crippen molar-refractivity contribution >= 4 is 5.69 Å². The molecule has 0 bridgehead atoms. The van der Waals surface area contributed by atoms with E-state index in [0.29, 0.717) is 6.54 Å². The van der Waals surface area contributed by atoms with Crippen LogP contribution in [0, 0.1) is 0 Å². The summed E-state index contributed by atoms with van der Waals surface area (Å²) in [6, 6.07) is 17.0. The van der Waals surface area contributed by atoms with E-state index in [2.05, 4.69) is 53.4 Å². The molecule has 0 aromatic heterocycles. The largest absolute Gasteiger partial charge is 0.363 e. The summed E-state index contributed by atoms with van der Waals surface area (Å²) in [6.45, 7) is 2.59. The molecule has 3 rings (SSSR count). The van der Waals surface area contributed by atoms with E-state index in [4.69, 9.17) is 5.73 Å². The highest BCUT2D eigenvalue weighted by atomic mass is 15.1. The van der Waals surface area contributed by atoms with E-state index >= 15 is 0 Å². The summed E-state index contributed by atoms with van der Waals surface area (Å²) in [5.74, 6) is 0. The maximum Gasteiger partial charge on any atom is 0.0436 e. The Morgan fingerprint density at radius 1 is 0.882 bits per heavy atom. The maximum absolute atomic E-state index is 5.80. The predicted molar refractivity (Wildman–Crippen MR) is 70.7 cm³/mol. The first-order valence-electron chi connectivity index (χ1n) is 5.98. The molecule has 1 aliphatic heterocycles. The minimum Gasteiger partial charge on any atom is -0.363 e. The molecule has 0 atom stereocenters. The number of fused-ring (bicyclic) bond motifs is 1. The molecule has 0 aliphatic carbocycles.